The van der Waals surface area contributed by atoms with Crippen LogP contribution < -0.4 is 9.67 Å². The molecule has 0 aliphatic heterocycles. The predicted octanol–water partition coefficient (Wildman–Crippen LogP) is -0.712. The summed E-state index contributed by atoms with van der Waals surface area (Å²) in [6, 6.07) is 0. The van der Waals surface area contributed by atoms with E-state index in [0.717, 1.165) is 5.69 Å². The third-order valence-corrected chi connectivity index (χ3v) is 1.24. The molecule has 0 spiro atoms. The van der Waals surface area contributed by atoms with Crippen molar-refractivity contribution in [1.29, 1.82) is 0 Å². The third-order valence-electron chi connectivity index (χ3n) is 1.24. The van der Waals surface area contributed by atoms with Crippen LogP contribution in [0, 0.1) is 6.92 Å². The summed E-state index contributed by atoms with van der Waals surface area (Å²) in [5.41, 5.74) is 0.981. The third kappa shape index (κ3) is 1.16. The molecule has 3 heteroatoms. The summed E-state index contributed by atoms with van der Waals surface area (Å²) in [4.78, 5) is 3.56. The van der Waals surface area contributed by atoms with Crippen molar-refractivity contribution < 1.29 is 9.67 Å². The zero-order valence-corrected chi connectivity index (χ0v) is 5.46. The van der Waals surface area contributed by atoms with Crippen molar-refractivity contribution in [3.8, 4) is 5.88 Å². The molecule has 0 unspecified atom stereocenters. The van der Waals surface area contributed by atoms with E-state index in [4.69, 9.17) is 0 Å². The molecule has 1 rings (SSSR count). The predicted molar refractivity (Wildman–Crippen MR) is 29.6 cm³/mol. The molecule has 0 bridgehead atoms. The Kier molecular flexibility index (Phi) is 1.34. The molecule has 1 heterocycles. The van der Waals surface area contributed by atoms with E-state index in [1.165, 1.54) is 6.20 Å². The molecule has 0 radical (unpaired) electrons. The van der Waals surface area contributed by atoms with Gasteiger partial charge in [0.05, 0.1) is 12.1 Å². The first-order valence-electron chi connectivity index (χ1n) is 2.69. The normalized spacial score (nSPS) is 9.56. The largest absolute Gasteiger partial charge is 0.854 e. The van der Waals surface area contributed by atoms with Crippen molar-refractivity contribution in [3.63, 3.8) is 0 Å². The SMILES string of the molecule is Cc1cnc([O-])c[n+]1C. The lowest BCUT2D eigenvalue weighted by molar-refractivity contribution is -0.680. The van der Waals surface area contributed by atoms with E-state index < -0.39 is 0 Å². The van der Waals surface area contributed by atoms with Gasteiger partial charge in [-0.25, -0.2) is 4.57 Å². The van der Waals surface area contributed by atoms with E-state index in [1.807, 2.05) is 14.0 Å². The number of hydrogen-bond donors (Lipinski definition) is 0. The maximum Gasteiger partial charge on any atom is 0.196 e. The summed E-state index contributed by atoms with van der Waals surface area (Å²) in [7, 11) is 1.82. The minimum atomic E-state index is -0.192. The second-order valence-electron chi connectivity index (χ2n) is 1.98. The number of hydrogen-bond acceptors (Lipinski definition) is 2. The van der Waals surface area contributed by atoms with Gasteiger partial charge in [0.25, 0.3) is 0 Å². The maximum absolute atomic E-state index is 10.5. The topological polar surface area (TPSA) is 39.8 Å². The van der Waals surface area contributed by atoms with Crippen molar-refractivity contribution in [2.45, 2.75) is 6.92 Å². The van der Waals surface area contributed by atoms with Crippen LogP contribution in [0.4, 0.5) is 0 Å². The Morgan fingerprint density at radius 3 is 2.78 bits per heavy atom. The molecule has 0 fully saturated rings. The van der Waals surface area contributed by atoms with Crippen LogP contribution >= 0.6 is 0 Å². The summed E-state index contributed by atoms with van der Waals surface area (Å²) in [6.07, 6.45) is 3.01. The lowest BCUT2D eigenvalue weighted by Crippen LogP contribution is -2.32. The first kappa shape index (κ1) is 6.01. The van der Waals surface area contributed by atoms with Crippen molar-refractivity contribution in [2.75, 3.05) is 0 Å². The van der Waals surface area contributed by atoms with Gasteiger partial charge in [-0.2, -0.15) is 0 Å². The highest BCUT2D eigenvalue weighted by Gasteiger charge is 1.95. The molecule has 1 aromatic rings. The van der Waals surface area contributed by atoms with Gasteiger partial charge in [-0.3, -0.25) is 4.98 Å². The molecule has 0 atom stereocenters. The summed E-state index contributed by atoms with van der Waals surface area (Å²) in [6.45, 7) is 1.90. The molecule has 0 aliphatic rings. The van der Waals surface area contributed by atoms with Gasteiger partial charge < -0.3 is 5.11 Å². The first-order valence-corrected chi connectivity index (χ1v) is 2.69. The second kappa shape index (κ2) is 2.01. The molecule has 0 aromatic carbocycles. The van der Waals surface area contributed by atoms with E-state index in [-0.39, 0.29) is 5.88 Å². The van der Waals surface area contributed by atoms with Crippen LogP contribution in [-0.4, -0.2) is 4.98 Å². The fraction of sp³-hybridized carbons (Fsp3) is 0.333. The van der Waals surface area contributed by atoms with E-state index in [2.05, 4.69) is 4.98 Å². The average Bonchev–Trinajstić information content (AvgIpc) is 1.80. The average molecular weight is 124 g/mol. The molecule has 9 heavy (non-hydrogen) atoms. The summed E-state index contributed by atoms with van der Waals surface area (Å²) >= 11 is 0. The van der Waals surface area contributed by atoms with Crippen molar-refractivity contribution in [3.05, 3.63) is 18.1 Å². The molecule has 48 valence electrons. The van der Waals surface area contributed by atoms with Crippen molar-refractivity contribution in [1.82, 2.24) is 4.98 Å². The maximum atomic E-state index is 10.5. The number of aromatic nitrogens is 2. The highest BCUT2D eigenvalue weighted by atomic mass is 16.3. The smallest absolute Gasteiger partial charge is 0.196 e. The Morgan fingerprint density at radius 2 is 2.33 bits per heavy atom. The monoisotopic (exact) mass is 124 g/mol. The molecule has 0 saturated carbocycles. The lowest BCUT2D eigenvalue weighted by Gasteiger charge is -1.99. The van der Waals surface area contributed by atoms with Gasteiger partial charge in [0, 0.05) is 6.92 Å². The molecule has 0 saturated heterocycles. The van der Waals surface area contributed by atoms with Gasteiger partial charge in [-0.15, -0.1) is 0 Å². The zero-order chi connectivity index (χ0) is 6.85. The Balaban J connectivity index is 3.17. The fourth-order valence-corrected chi connectivity index (χ4v) is 0.549. The van der Waals surface area contributed by atoms with E-state index >= 15 is 0 Å². The molecule has 1 aromatic heterocycles. The van der Waals surface area contributed by atoms with E-state index in [0.29, 0.717) is 0 Å². The summed E-state index contributed by atoms with van der Waals surface area (Å²) < 4.78 is 1.75. The first-order chi connectivity index (χ1) is 4.20. The van der Waals surface area contributed by atoms with Crippen LogP contribution in [0.15, 0.2) is 12.4 Å². The lowest BCUT2D eigenvalue weighted by atomic mass is 10.5. The Hall–Kier alpha value is -1.12. The quantitative estimate of drug-likeness (QED) is 0.428. The highest BCUT2D eigenvalue weighted by molar-refractivity contribution is 4.95. The van der Waals surface area contributed by atoms with Gasteiger partial charge in [0.15, 0.2) is 11.9 Å². The van der Waals surface area contributed by atoms with Gasteiger partial charge >= 0.3 is 0 Å². The zero-order valence-electron chi connectivity index (χ0n) is 5.46. The van der Waals surface area contributed by atoms with Crippen LogP contribution in [0.5, 0.6) is 5.88 Å². The van der Waals surface area contributed by atoms with Gasteiger partial charge in [0.1, 0.15) is 7.05 Å². The highest BCUT2D eigenvalue weighted by Crippen LogP contribution is 1.91. The summed E-state index contributed by atoms with van der Waals surface area (Å²) in [5.74, 6) is -0.192. The molecular weight excluding hydrogens is 116 g/mol. The van der Waals surface area contributed by atoms with Crippen molar-refractivity contribution >= 4 is 0 Å². The van der Waals surface area contributed by atoms with Gasteiger partial charge in [-0.1, -0.05) is 0 Å². The number of rotatable bonds is 0. The number of nitrogens with zero attached hydrogens (tertiary/aromatic N) is 2. The molecule has 0 amide bonds. The molecule has 3 nitrogen and oxygen atoms in total. The fourth-order valence-electron chi connectivity index (χ4n) is 0.549. The van der Waals surface area contributed by atoms with E-state index in [9.17, 15) is 5.11 Å². The Labute approximate surface area is 53.6 Å². The van der Waals surface area contributed by atoms with Crippen LogP contribution in [0.3, 0.4) is 0 Å². The van der Waals surface area contributed by atoms with Crippen LogP contribution in [0.2, 0.25) is 0 Å². The molecule has 0 aliphatic carbocycles. The second-order valence-corrected chi connectivity index (χ2v) is 1.98. The van der Waals surface area contributed by atoms with Crippen molar-refractivity contribution in [2.24, 2.45) is 7.05 Å². The molecular formula is C6H8N2O. The minimum Gasteiger partial charge on any atom is -0.854 e. The number of aryl methyl sites for hydroxylation is 2. The van der Waals surface area contributed by atoms with Gasteiger partial charge in [0.2, 0.25) is 0 Å². The summed E-state index contributed by atoms with van der Waals surface area (Å²) in [5, 5.41) is 10.5. The molecule has 0 N–H and O–H groups in total. The van der Waals surface area contributed by atoms with E-state index in [1.54, 1.807) is 10.8 Å². The standard InChI is InChI=1S/C6H8N2O/c1-5-3-7-6(9)4-8(5)2/h3-4H,1-2H3. The van der Waals surface area contributed by atoms with Crippen LogP contribution in [0.1, 0.15) is 5.69 Å². The Morgan fingerprint density at radius 1 is 1.67 bits per heavy atom. The van der Waals surface area contributed by atoms with Crippen LogP contribution in [-0.2, 0) is 7.05 Å². The van der Waals surface area contributed by atoms with Gasteiger partial charge in [-0.05, 0) is 0 Å². The Bertz CT molecular complexity index is 222. The van der Waals surface area contributed by atoms with Crippen LogP contribution in [0.25, 0.3) is 0 Å². The minimum absolute atomic E-state index is 0.192.